The molecule has 0 saturated carbocycles. The Kier molecular flexibility index (Phi) is 3.99. The van der Waals surface area contributed by atoms with Crippen molar-refractivity contribution in [2.24, 2.45) is 0 Å². The molecule has 0 aliphatic rings. The molecule has 0 saturated heterocycles. The number of anilines is 1. The maximum atomic E-state index is 13.0. The van der Waals surface area contributed by atoms with E-state index in [4.69, 9.17) is 23.2 Å². The Bertz CT molecular complexity index is 719. The molecular weight excluding hydrogens is 312 g/mol. The summed E-state index contributed by atoms with van der Waals surface area (Å²) in [5.74, 6) is -0.639. The third-order valence-corrected chi connectivity index (χ3v) is 4.21. The molecule has 2 rings (SSSR count). The van der Waals surface area contributed by atoms with Gasteiger partial charge >= 0.3 is 0 Å². The minimum Gasteiger partial charge on any atom is -0.278 e. The molecule has 0 radical (unpaired) electrons. The molecule has 7 heteroatoms. The maximum Gasteiger partial charge on any atom is 0.262 e. The molecule has 0 aromatic heterocycles. The van der Waals surface area contributed by atoms with Gasteiger partial charge < -0.3 is 0 Å². The molecule has 19 heavy (non-hydrogen) atoms. The molecule has 2 aromatic rings. The van der Waals surface area contributed by atoms with Crippen LogP contribution in [0.4, 0.5) is 10.1 Å². The van der Waals surface area contributed by atoms with Crippen LogP contribution in [0.15, 0.2) is 47.4 Å². The standard InChI is InChI=1S/C12H8Cl2FNO2S/c13-8-4-5-11(14)12(6-8)16-19(17,18)10-3-1-2-9(15)7-10/h1-7,16H. The lowest BCUT2D eigenvalue weighted by molar-refractivity contribution is 0.595. The number of hydrogen-bond donors (Lipinski definition) is 1. The van der Waals surface area contributed by atoms with E-state index in [0.29, 0.717) is 5.02 Å². The van der Waals surface area contributed by atoms with Crippen LogP contribution >= 0.6 is 23.2 Å². The fraction of sp³-hybridized carbons (Fsp3) is 0. The van der Waals surface area contributed by atoms with Crippen LogP contribution in [0.3, 0.4) is 0 Å². The van der Waals surface area contributed by atoms with E-state index in [1.54, 1.807) is 0 Å². The SMILES string of the molecule is O=S(=O)(Nc1cc(Cl)ccc1Cl)c1cccc(F)c1. The van der Waals surface area contributed by atoms with Crippen molar-refractivity contribution in [3.8, 4) is 0 Å². The number of rotatable bonds is 3. The van der Waals surface area contributed by atoms with Crippen LogP contribution < -0.4 is 4.72 Å². The average Bonchev–Trinajstić information content (AvgIpc) is 2.33. The van der Waals surface area contributed by atoms with E-state index in [9.17, 15) is 12.8 Å². The molecule has 0 aliphatic heterocycles. The first-order chi connectivity index (χ1) is 8.88. The van der Waals surface area contributed by atoms with Gasteiger partial charge in [-0.05, 0) is 36.4 Å². The highest BCUT2D eigenvalue weighted by atomic mass is 35.5. The largest absolute Gasteiger partial charge is 0.278 e. The quantitative estimate of drug-likeness (QED) is 0.931. The van der Waals surface area contributed by atoms with E-state index in [1.807, 2.05) is 0 Å². The zero-order valence-corrected chi connectivity index (χ0v) is 11.7. The molecule has 0 atom stereocenters. The second-order valence-corrected chi connectivity index (χ2v) is 6.21. The summed E-state index contributed by atoms with van der Waals surface area (Å²) in [7, 11) is -3.91. The number of sulfonamides is 1. The van der Waals surface area contributed by atoms with Crippen molar-refractivity contribution < 1.29 is 12.8 Å². The van der Waals surface area contributed by atoms with Crippen LogP contribution in [-0.4, -0.2) is 8.42 Å². The number of halogens is 3. The summed E-state index contributed by atoms with van der Waals surface area (Å²) >= 11 is 11.6. The molecule has 3 nitrogen and oxygen atoms in total. The molecule has 0 spiro atoms. The lowest BCUT2D eigenvalue weighted by Gasteiger charge is -2.10. The van der Waals surface area contributed by atoms with Gasteiger partial charge in [0.25, 0.3) is 10.0 Å². The summed E-state index contributed by atoms with van der Waals surface area (Å²) in [5.41, 5.74) is 0.137. The fourth-order valence-electron chi connectivity index (χ4n) is 1.41. The second-order valence-electron chi connectivity index (χ2n) is 3.69. The lowest BCUT2D eigenvalue weighted by Crippen LogP contribution is -2.13. The molecule has 1 N–H and O–H groups in total. The van der Waals surface area contributed by atoms with E-state index >= 15 is 0 Å². The first-order valence-electron chi connectivity index (χ1n) is 5.12. The van der Waals surface area contributed by atoms with Gasteiger partial charge in [-0.15, -0.1) is 0 Å². The molecule has 0 aliphatic carbocycles. The van der Waals surface area contributed by atoms with Gasteiger partial charge in [-0.25, -0.2) is 12.8 Å². The van der Waals surface area contributed by atoms with Gasteiger partial charge in [-0.2, -0.15) is 0 Å². The van der Waals surface area contributed by atoms with Crippen molar-refractivity contribution in [2.75, 3.05) is 4.72 Å². The third kappa shape index (κ3) is 3.37. The summed E-state index contributed by atoms with van der Waals surface area (Å²) < 4.78 is 39.4. The summed E-state index contributed by atoms with van der Waals surface area (Å²) in [5, 5.41) is 0.533. The third-order valence-electron chi connectivity index (χ3n) is 2.28. The Balaban J connectivity index is 2.39. The molecule has 0 unspecified atom stereocenters. The van der Waals surface area contributed by atoms with Gasteiger partial charge in [0.1, 0.15) is 5.82 Å². The first kappa shape index (κ1) is 14.1. The summed E-state index contributed by atoms with van der Waals surface area (Å²) in [6, 6.07) is 9.04. The van der Waals surface area contributed by atoms with Gasteiger partial charge in [0.2, 0.25) is 0 Å². The zero-order valence-electron chi connectivity index (χ0n) is 9.40. The van der Waals surface area contributed by atoms with Crippen LogP contribution in [0.5, 0.6) is 0 Å². The van der Waals surface area contributed by atoms with Gasteiger partial charge in [0.15, 0.2) is 0 Å². The van der Waals surface area contributed by atoms with Crippen LogP contribution in [0, 0.1) is 5.82 Å². The van der Waals surface area contributed by atoms with Crippen LogP contribution in [0.2, 0.25) is 10.0 Å². The Labute approximate surface area is 120 Å². The Morgan fingerprint density at radius 2 is 1.79 bits per heavy atom. The lowest BCUT2D eigenvalue weighted by atomic mass is 10.3. The summed E-state index contributed by atoms with van der Waals surface area (Å²) in [4.78, 5) is -0.191. The van der Waals surface area contributed by atoms with E-state index in [1.165, 1.54) is 30.3 Å². The molecule has 0 bridgehead atoms. The number of nitrogens with one attached hydrogen (secondary N) is 1. The van der Waals surface area contributed by atoms with Crippen molar-refractivity contribution in [1.29, 1.82) is 0 Å². The van der Waals surface area contributed by atoms with E-state index < -0.39 is 15.8 Å². The average molecular weight is 320 g/mol. The predicted octanol–water partition coefficient (Wildman–Crippen LogP) is 3.93. The first-order valence-corrected chi connectivity index (χ1v) is 7.36. The Morgan fingerprint density at radius 1 is 1.05 bits per heavy atom. The highest BCUT2D eigenvalue weighted by Crippen LogP contribution is 2.27. The van der Waals surface area contributed by atoms with Crippen LogP contribution in [0.1, 0.15) is 0 Å². The highest BCUT2D eigenvalue weighted by Gasteiger charge is 2.16. The van der Waals surface area contributed by atoms with Gasteiger partial charge in [0.05, 0.1) is 15.6 Å². The van der Waals surface area contributed by atoms with Crippen LogP contribution in [-0.2, 0) is 10.0 Å². The topological polar surface area (TPSA) is 46.2 Å². The minimum absolute atomic E-state index is 0.137. The molecule has 0 heterocycles. The van der Waals surface area contributed by atoms with E-state index in [0.717, 1.165) is 12.1 Å². The van der Waals surface area contributed by atoms with Gasteiger partial charge in [-0.3, -0.25) is 4.72 Å². The van der Waals surface area contributed by atoms with Gasteiger partial charge in [0, 0.05) is 5.02 Å². The second kappa shape index (κ2) is 5.36. The van der Waals surface area contributed by atoms with Crippen LogP contribution in [0.25, 0.3) is 0 Å². The van der Waals surface area contributed by atoms with Crippen molar-refractivity contribution in [3.05, 3.63) is 58.3 Å². The normalized spacial score (nSPS) is 11.3. The Hall–Kier alpha value is -1.30. The molecule has 100 valence electrons. The Morgan fingerprint density at radius 3 is 2.47 bits per heavy atom. The van der Waals surface area contributed by atoms with Crippen molar-refractivity contribution in [3.63, 3.8) is 0 Å². The highest BCUT2D eigenvalue weighted by molar-refractivity contribution is 7.92. The molecular formula is C12H8Cl2FNO2S. The van der Waals surface area contributed by atoms with E-state index in [-0.39, 0.29) is 15.6 Å². The maximum absolute atomic E-state index is 13.0. The van der Waals surface area contributed by atoms with Gasteiger partial charge in [-0.1, -0.05) is 29.3 Å². The monoisotopic (exact) mass is 319 g/mol. The minimum atomic E-state index is -3.91. The van der Waals surface area contributed by atoms with Crippen molar-refractivity contribution in [2.45, 2.75) is 4.90 Å². The molecule has 0 amide bonds. The summed E-state index contributed by atoms with van der Waals surface area (Å²) in [6.45, 7) is 0. The summed E-state index contributed by atoms with van der Waals surface area (Å²) in [6.07, 6.45) is 0. The number of hydrogen-bond acceptors (Lipinski definition) is 2. The molecule has 2 aromatic carbocycles. The number of benzene rings is 2. The van der Waals surface area contributed by atoms with Crippen molar-refractivity contribution in [1.82, 2.24) is 0 Å². The molecule has 0 fully saturated rings. The smallest absolute Gasteiger partial charge is 0.262 e. The van der Waals surface area contributed by atoms with Crippen molar-refractivity contribution >= 4 is 38.9 Å². The fourth-order valence-corrected chi connectivity index (χ4v) is 2.91. The predicted molar refractivity (Wildman–Crippen MR) is 73.7 cm³/mol. The van der Waals surface area contributed by atoms with E-state index in [2.05, 4.69) is 4.72 Å². The zero-order chi connectivity index (χ0) is 14.0.